The number of halogens is 2. The first-order valence-corrected chi connectivity index (χ1v) is 16.9. The van der Waals surface area contributed by atoms with Crippen LogP contribution in [0.4, 0.5) is 17.1 Å². The van der Waals surface area contributed by atoms with Gasteiger partial charge in [-0.05, 0) is 37.1 Å². The van der Waals surface area contributed by atoms with Crippen LogP contribution in [-0.4, -0.2) is 28.7 Å². The number of nitrogens with zero attached hydrogens (tertiary/aromatic N) is 3. The molecule has 0 aliphatic carbocycles. The van der Waals surface area contributed by atoms with Crippen LogP contribution in [0.25, 0.3) is 0 Å². The Hall–Kier alpha value is -2.47. The number of aryl methyl sites for hydroxylation is 2. The fourth-order valence-corrected chi connectivity index (χ4v) is 5.59. The first-order valence-electron chi connectivity index (χ1n) is 11.4. The van der Waals surface area contributed by atoms with E-state index in [4.69, 9.17) is 24.1 Å². The van der Waals surface area contributed by atoms with Gasteiger partial charge in [-0.3, -0.25) is 0 Å². The molecule has 1 fully saturated rings. The second-order valence-electron chi connectivity index (χ2n) is 8.53. The minimum Gasteiger partial charge on any atom is -0.502 e. The maximum Gasteiger partial charge on any atom is 0.0116 e. The van der Waals surface area contributed by atoms with E-state index in [1.165, 1.54) is 34.6 Å². The molecule has 9 heteroatoms. The molecule has 4 rings (SSSR count). The molecular weight excluding hydrogens is 586 g/mol. The van der Waals surface area contributed by atoms with Crippen LogP contribution in [0.15, 0.2) is 66.7 Å². The summed E-state index contributed by atoms with van der Waals surface area (Å²) in [6.07, 6.45) is -0.0186. The van der Waals surface area contributed by atoms with Crippen molar-refractivity contribution in [2.75, 3.05) is 22.9 Å². The summed E-state index contributed by atoms with van der Waals surface area (Å²) in [6, 6.07) is 21.5. The van der Waals surface area contributed by atoms with E-state index in [0.717, 1.165) is 13.1 Å². The van der Waals surface area contributed by atoms with E-state index in [1.807, 2.05) is 13.8 Å². The van der Waals surface area contributed by atoms with Crippen molar-refractivity contribution in [1.82, 2.24) is 0 Å². The van der Waals surface area contributed by atoms with Crippen molar-refractivity contribution in [2.24, 2.45) is 0 Å². The predicted octanol–water partition coefficient (Wildman–Crippen LogP) is 7.21. The smallest absolute Gasteiger partial charge is 0.0116 e. The van der Waals surface area contributed by atoms with Gasteiger partial charge in [0.1, 0.15) is 0 Å². The van der Waals surface area contributed by atoms with Gasteiger partial charge in [0.2, 0.25) is 0 Å². The van der Waals surface area contributed by atoms with Crippen LogP contribution < -0.4 is 14.5 Å². The van der Waals surface area contributed by atoms with Crippen molar-refractivity contribution < 1.29 is 23.2 Å². The standard InChI is InChI=1S/C17H19N2.C10H11NO3.2ClH.Ru/c1-14-7-3-5-9-16(14)18-11-12-19(13-18)17-10-6-4-8-15(17)2;1-7(2)14-10-5-4-9(11(12)13)6-8(10)3;;;/h3-10,13H,11-12H2,1-2H3;3-7H,1-2H3;2*1H;/q-1;;;;+2/p-2. The number of nitro benzene ring substituents is 1. The summed E-state index contributed by atoms with van der Waals surface area (Å²) in [7, 11) is 11.6. The maximum atomic E-state index is 10.7. The molecule has 6 nitrogen and oxygen atoms in total. The third-order valence-corrected chi connectivity index (χ3v) is 7.30. The number of non-ortho nitro benzene ring substituents is 1. The zero-order valence-corrected chi connectivity index (χ0v) is 23.9. The van der Waals surface area contributed by atoms with Gasteiger partial charge >= 0.3 is 112 Å². The minimum absolute atomic E-state index is 0.00360. The predicted molar refractivity (Wildman–Crippen MR) is 147 cm³/mol. The van der Waals surface area contributed by atoms with Crippen LogP contribution in [0.1, 0.15) is 30.5 Å². The molecule has 194 valence electrons. The Balaban J connectivity index is 0.000000202. The monoisotopic (exact) mass is 616 g/mol. The summed E-state index contributed by atoms with van der Waals surface area (Å²) in [5.74, 6) is 0.561. The fourth-order valence-electron chi connectivity index (χ4n) is 3.81. The van der Waals surface area contributed by atoms with Gasteiger partial charge in [0.05, 0.1) is 0 Å². The number of benzene rings is 3. The summed E-state index contributed by atoms with van der Waals surface area (Å²) in [5.41, 5.74) is 5.83. The molecule has 36 heavy (non-hydrogen) atoms. The van der Waals surface area contributed by atoms with Crippen LogP contribution in [0.2, 0.25) is 0 Å². The Bertz CT molecular complexity index is 1180. The Labute approximate surface area is 226 Å². The molecule has 0 saturated carbocycles. The third-order valence-electron chi connectivity index (χ3n) is 5.46. The number of hydrogen-bond acceptors (Lipinski definition) is 5. The number of anilines is 2. The summed E-state index contributed by atoms with van der Waals surface area (Å²) < 4.78 is 7.17. The third kappa shape index (κ3) is 7.76. The molecule has 1 aliphatic rings. The van der Waals surface area contributed by atoms with Gasteiger partial charge < -0.3 is 9.80 Å². The van der Waals surface area contributed by atoms with Crippen LogP contribution in [0.5, 0.6) is 5.75 Å². The molecule has 3 aromatic carbocycles. The van der Waals surface area contributed by atoms with Crippen LogP contribution in [0, 0.1) is 30.6 Å². The molecule has 0 atom stereocenters. The maximum absolute atomic E-state index is 10.7. The molecule has 0 aromatic heterocycles. The van der Waals surface area contributed by atoms with Crippen molar-refractivity contribution in [3.05, 3.63) is 100 Å². The van der Waals surface area contributed by atoms with Gasteiger partial charge in [-0.15, -0.1) is 0 Å². The number of hydrogen-bond donors (Lipinski definition) is 0. The number of ether oxygens (including phenoxy) is 1. The minimum atomic E-state index is -2.05. The summed E-state index contributed by atoms with van der Waals surface area (Å²) in [5, 5.41) is 10.7. The number of para-hydroxylation sites is 2. The van der Waals surface area contributed by atoms with E-state index >= 15 is 0 Å². The van der Waals surface area contributed by atoms with E-state index in [1.54, 1.807) is 10.7 Å². The molecule has 0 amide bonds. The zero-order valence-electron chi connectivity index (χ0n) is 20.7. The molecule has 0 unspecified atom stereocenters. The van der Waals surface area contributed by atoms with Gasteiger partial charge in [-0.25, -0.2) is 0 Å². The van der Waals surface area contributed by atoms with Gasteiger partial charge in [0.25, 0.3) is 0 Å². The molecule has 3 aromatic rings. The molecule has 1 aliphatic heterocycles. The average Bonchev–Trinajstić information content (AvgIpc) is 3.30. The summed E-state index contributed by atoms with van der Waals surface area (Å²) >= 11 is -2.05. The van der Waals surface area contributed by atoms with E-state index < -0.39 is 18.4 Å². The normalized spacial score (nSPS) is 13.2. The van der Waals surface area contributed by atoms with Gasteiger partial charge in [0, 0.05) is 24.5 Å². The van der Waals surface area contributed by atoms with E-state index in [-0.39, 0.29) is 11.8 Å². The summed E-state index contributed by atoms with van der Waals surface area (Å²) in [6.45, 7) is 12.4. The first kappa shape index (κ1) is 28.1. The van der Waals surface area contributed by atoms with Gasteiger partial charge in [-0.2, -0.15) is 6.67 Å². The van der Waals surface area contributed by atoms with Crippen LogP contribution in [0.3, 0.4) is 0 Å². The van der Waals surface area contributed by atoms with E-state index in [9.17, 15) is 10.1 Å². The molecule has 0 bridgehead atoms. The van der Waals surface area contributed by atoms with Gasteiger partial charge in [-0.1, -0.05) is 36.4 Å². The summed E-state index contributed by atoms with van der Waals surface area (Å²) in [4.78, 5) is 14.9. The van der Waals surface area contributed by atoms with Crippen molar-refractivity contribution in [3.63, 3.8) is 0 Å². The van der Waals surface area contributed by atoms with Crippen molar-refractivity contribution in [2.45, 2.75) is 33.8 Å². The molecular formula is C27H30Cl2N3O3Ru-. The van der Waals surface area contributed by atoms with Crippen molar-refractivity contribution >= 4 is 41.1 Å². The molecule has 0 N–H and O–H groups in total. The number of nitro groups is 1. The topological polar surface area (TPSA) is 58.9 Å². The second-order valence-corrected chi connectivity index (χ2v) is 14.3. The quantitative estimate of drug-likeness (QED) is 0.127. The fraction of sp³-hybridized carbons (Fsp3) is 0.259. The second kappa shape index (κ2) is 13.2. The zero-order chi connectivity index (χ0) is 26.2. The van der Waals surface area contributed by atoms with Crippen molar-refractivity contribution in [1.29, 1.82) is 0 Å². The Morgan fingerprint density at radius 2 is 1.50 bits per heavy atom. The average molecular weight is 617 g/mol. The van der Waals surface area contributed by atoms with Crippen LogP contribution >= 0.6 is 19.4 Å². The Kier molecular flexibility index (Phi) is 10.3. The van der Waals surface area contributed by atoms with Crippen LogP contribution in [-0.2, 0) is 13.5 Å². The molecule has 1 heterocycles. The Morgan fingerprint density at radius 3 is 1.94 bits per heavy atom. The number of rotatable bonds is 6. The molecule has 0 spiro atoms. The SMILES string of the molecule is CC(C)Oc1ccc([N+](=O)[O-])cc1[CH]=[Ru]([Cl])[Cl].Cc1ccccc1N1[CH-]N(c2ccccc2C)CC1. The van der Waals surface area contributed by atoms with Gasteiger partial charge in [0.15, 0.2) is 0 Å². The largest absolute Gasteiger partial charge is 0.502 e. The Morgan fingerprint density at radius 1 is 0.972 bits per heavy atom. The first-order chi connectivity index (χ1) is 17.2. The van der Waals surface area contributed by atoms with E-state index in [2.05, 4.69) is 78.8 Å². The van der Waals surface area contributed by atoms with E-state index in [0.29, 0.717) is 11.3 Å². The molecule has 0 radical (unpaired) electrons. The van der Waals surface area contributed by atoms with Crippen molar-refractivity contribution in [3.8, 4) is 5.75 Å². The molecule has 1 saturated heterocycles.